The molecule has 0 unspecified atom stereocenters. The minimum absolute atomic E-state index is 0. The van der Waals surface area contributed by atoms with E-state index >= 15 is 0 Å². The molecular weight excluding hydrogens is 746 g/mol. The zero-order chi connectivity index (χ0) is 26.3. The molecule has 0 atom stereocenters. The number of hydrogen-bond acceptors (Lipinski definition) is 2. The Morgan fingerprint density at radius 3 is 2.31 bits per heavy atom. The third kappa shape index (κ3) is 12.6. The maximum Gasteiger partial charge on any atom is 0.272 e. The van der Waals surface area contributed by atoms with Gasteiger partial charge in [-0.05, 0) is 56.0 Å². The monoisotopic (exact) mass is 780 g/mol. The fourth-order valence-corrected chi connectivity index (χ4v) is 3.48. The summed E-state index contributed by atoms with van der Waals surface area (Å²) in [6.07, 6.45) is 9.77. The molecule has 192 valence electrons. The molecule has 36 heavy (non-hydrogen) atoms. The number of halogens is 3. The first kappa shape index (κ1) is 34.4. The number of alkyl halides is 2. The summed E-state index contributed by atoms with van der Waals surface area (Å²) in [7, 11) is 0. The number of unbranched alkanes of at least 4 members (excludes halogenated alkanes) is 1. The Labute approximate surface area is 247 Å². The Bertz CT molecular complexity index is 1060. The molecule has 2 aromatic rings. The van der Waals surface area contributed by atoms with Gasteiger partial charge in [-0.1, -0.05) is 91.3 Å². The molecule has 2 aromatic carbocycles. The molecule has 0 aromatic heterocycles. The van der Waals surface area contributed by atoms with Crippen LogP contribution in [0.5, 0.6) is 0 Å². The zero-order valence-corrected chi connectivity index (χ0v) is 27.3. The van der Waals surface area contributed by atoms with Crippen molar-refractivity contribution in [3.05, 3.63) is 94.5 Å². The second kappa shape index (κ2) is 18.6. The van der Waals surface area contributed by atoms with Crippen molar-refractivity contribution >= 4 is 39.2 Å². The van der Waals surface area contributed by atoms with E-state index in [4.69, 9.17) is 4.99 Å². The zero-order valence-electron chi connectivity index (χ0n) is 21.6. The summed E-state index contributed by atoms with van der Waals surface area (Å²) in [5.41, 5.74) is 5.39. The van der Waals surface area contributed by atoms with E-state index in [9.17, 15) is 13.6 Å². The van der Waals surface area contributed by atoms with Crippen LogP contribution in [0.2, 0.25) is 0 Å². The summed E-state index contributed by atoms with van der Waals surface area (Å²) < 4.78 is 26.9. The molecule has 3 rings (SSSR count). The van der Waals surface area contributed by atoms with Gasteiger partial charge in [0.1, 0.15) is 0 Å². The minimum atomic E-state index is -2.61. The van der Waals surface area contributed by atoms with Gasteiger partial charge in [-0.15, -0.1) is 0 Å². The molecule has 0 aliphatic heterocycles. The number of para-hydroxylation sites is 1. The van der Waals surface area contributed by atoms with Gasteiger partial charge in [-0.2, -0.15) is 6.42 Å². The predicted molar refractivity (Wildman–Crippen MR) is 149 cm³/mol. The van der Waals surface area contributed by atoms with Gasteiger partial charge in [0.25, 0.3) is 5.92 Å². The average molecular weight is 782 g/mol. The summed E-state index contributed by atoms with van der Waals surface area (Å²) in [4.78, 5) is 14.0. The number of benzene rings is 2. The SMILES string of the molecule is C=C(C)c1ccccc1N=C(C)c1cccc(Br)c1.CCC(F)(F)C1=CCCC=C1.CCC[C-]=O.[U]. The fourth-order valence-electron chi connectivity index (χ4n) is 3.08. The molecule has 0 heterocycles. The van der Waals surface area contributed by atoms with Crippen molar-refractivity contribution in [1.82, 2.24) is 0 Å². The average Bonchev–Trinajstić information content (AvgIpc) is 2.86. The largest absolute Gasteiger partial charge is 0.542 e. The summed E-state index contributed by atoms with van der Waals surface area (Å²) >= 11 is 3.48. The second-order valence-electron chi connectivity index (χ2n) is 8.10. The Morgan fingerprint density at radius 2 is 1.81 bits per heavy atom. The molecule has 0 amide bonds. The van der Waals surface area contributed by atoms with Crippen LogP contribution in [0.1, 0.15) is 70.9 Å². The minimum Gasteiger partial charge on any atom is -0.542 e. The van der Waals surface area contributed by atoms with Gasteiger partial charge in [0, 0.05) is 58.9 Å². The molecule has 1 aliphatic carbocycles. The number of allylic oxidation sites excluding steroid dienone is 5. The maximum atomic E-state index is 12.9. The maximum absolute atomic E-state index is 12.9. The van der Waals surface area contributed by atoms with Gasteiger partial charge in [0.05, 0.1) is 5.69 Å². The quantitative estimate of drug-likeness (QED) is 0.203. The summed E-state index contributed by atoms with van der Waals surface area (Å²) in [6.45, 7) is 11.5. The van der Waals surface area contributed by atoms with Crippen molar-refractivity contribution < 1.29 is 44.7 Å². The Kier molecular flexibility index (Phi) is 17.8. The van der Waals surface area contributed by atoms with E-state index in [2.05, 4.69) is 40.7 Å². The molecular formula is C30H35BrF2NOU-. The van der Waals surface area contributed by atoms with Gasteiger partial charge >= 0.3 is 0 Å². The van der Waals surface area contributed by atoms with Crippen molar-refractivity contribution in [2.75, 3.05) is 0 Å². The van der Waals surface area contributed by atoms with Gasteiger partial charge in [0.2, 0.25) is 0 Å². The van der Waals surface area contributed by atoms with Crippen molar-refractivity contribution in [2.24, 2.45) is 4.99 Å². The van der Waals surface area contributed by atoms with Crippen LogP contribution >= 0.6 is 15.9 Å². The predicted octanol–water partition coefficient (Wildman–Crippen LogP) is 9.83. The third-order valence-corrected chi connectivity index (χ3v) is 5.60. The number of nitrogens with zero attached hydrogens (tertiary/aromatic N) is 1. The van der Waals surface area contributed by atoms with Crippen LogP contribution in [0.15, 0.2) is 88.4 Å². The van der Waals surface area contributed by atoms with E-state index in [1.807, 2.05) is 51.1 Å². The molecule has 0 radical (unpaired) electrons. The summed E-state index contributed by atoms with van der Waals surface area (Å²) in [6, 6.07) is 16.2. The number of rotatable bonds is 7. The molecule has 0 spiro atoms. The van der Waals surface area contributed by atoms with Gasteiger partial charge < -0.3 is 4.79 Å². The van der Waals surface area contributed by atoms with E-state index in [0.717, 1.165) is 51.8 Å². The van der Waals surface area contributed by atoms with Crippen LogP contribution in [0, 0.1) is 31.1 Å². The van der Waals surface area contributed by atoms with E-state index in [1.54, 1.807) is 18.4 Å². The third-order valence-electron chi connectivity index (χ3n) is 5.11. The Balaban J connectivity index is 0.000000611. The normalized spacial score (nSPS) is 12.6. The van der Waals surface area contributed by atoms with Crippen molar-refractivity contribution in [3.63, 3.8) is 0 Å². The number of carbonyl (C=O) groups excluding carboxylic acids is 1. The van der Waals surface area contributed by atoms with E-state index in [1.165, 1.54) is 13.0 Å². The second-order valence-corrected chi connectivity index (χ2v) is 9.01. The first-order chi connectivity index (χ1) is 16.7. The molecule has 6 heteroatoms. The van der Waals surface area contributed by atoms with Gasteiger partial charge in [-0.3, -0.25) is 11.3 Å². The van der Waals surface area contributed by atoms with Crippen molar-refractivity contribution in [2.45, 2.75) is 65.7 Å². The summed E-state index contributed by atoms with van der Waals surface area (Å²) in [5, 5.41) is 0. The molecule has 0 fully saturated rings. The first-order valence-electron chi connectivity index (χ1n) is 11.8. The van der Waals surface area contributed by atoms with E-state index < -0.39 is 5.92 Å². The molecule has 0 saturated carbocycles. The van der Waals surface area contributed by atoms with E-state index in [0.29, 0.717) is 6.42 Å². The molecule has 1 aliphatic rings. The van der Waals surface area contributed by atoms with Crippen LogP contribution in [0.25, 0.3) is 5.57 Å². The van der Waals surface area contributed by atoms with Crippen LogP contribution in [0.4, 0.5) is 14.5 Å². The van der Waals surface area contributed by atoms with Crippen LogP contribution in [0.3, 0.4) is 0 Å². The smallest absolute Gasteiger partial charge is 0.272 e. The first-order valence-corrected chi connectivity index (χ1v) is 12.6. The fraction of sp³-hybridized carbons (Fsp3) is 0.333. The van der Waals surface area contributed by atoms with Crippen molar-refractivity contribution in [1.29, 1.82) is 0 Å². The van der Waals surface area contributed by atoms with E-state index in [-0.39, 0.29) is 43.1 Å². The number of hydrogen-bond donors (Lipinski definition) is 0. The topological polar surface area (TPSA) is 29.4 Å². The molecule has 0 saturated heterocycles. The van der Waals surface area contributed by atoms with Gasteiger partial charge in [-0.25, -0.2) is 8.78 Å². The number of aliphatic imine (C=N–C) groups is 1. The Morgan fingerprint density at radius 1 is 1.11 bits per heavy atom. The molecule has 2 nitrogen and oxygen atoms in total. The van der Waals surface area contributed by atoms with Crippen LogP contribution in [-0.4, -0.2) is 17.9 Å². The van der Waals surface area contributed by atoms with Gasteiger partial charge in [0.15, 0.2) is 0 Å². The standard InChI is InChI=1S/C17H16BrN.C9H12F2.C4H7O.U/c1-12(2)16-9-4-5-10-17(16)19-13(3)14-7-6-8-15(18)11-14;1-2-9(10,11)8-6-4-3-5-7-8;1-2-3-4-5;/h4-11H,1H2,2-3H3;4,6-7H,2-3,5H2,1H3;2-3H2,1H3;/q;;-1;. The Hall–Kier alpha value is -1.61. The van der Waals surface area contributed by atoms with Crippen molar-refractivity contribution in [3.8, 4) is 0 Å². The van der Waals surface area contributed by atoms with Crippen LogP contribution in [-0.2, 0) is 4.79 Å². The summed E-state index contributed by atoms with van der Waals surface area (Å²) in [5.74, 6) is -2.61. The molecule has 0 N–H and O–H groups in total. The van der Waals surface area contributed by atoms with Crippen LogP contribution < -0.4 is 0 Å². The molecule has 0 bridgehead atoms.